The maximum absolute atomic E-state index is 15.1. The normalized spacial score (nSPS) is 23.9. The van der Waals surface area contributed by atoms with Gasteiger partial charge in [-0.2, -0.15) is 5.26 Å². The molecule has 0 aromatic heterocycles. The number of nitriles is 1. The maximum Gasteiger partial charge on any atom is 0.343 e. The van der Waals surface area contributed by atoms with Crippen molar-refractivity contribution >= 4 is 5.97 Å². The number of hydrogen-bond donors (Lipinski definition) is 0. The number of carbonyl (C=O) groups is 1. The summed E-state index contributed by atoms with van der Waals surface area (Å²) in [6.45, 7) is 2.22. The van der Waals surface area contributed by atoms with E-state index in [1.165, 1.54) is 50.7 Å². The lowest BCUT2D eigenvalue weighted by Crippen LogP contribution is -2.31. The van der Waals surface area contributed by atoms with Crippen molar-refractivity contribution in [2.75, 3.05) is 0 Å². The third-order valence-corrected chi connectivity index (χ3v) is 7.93. The standard InChI is InChI=1S/C29H32F3NO2/c1-2-3-4-5-18-6-7-20-13-21(9-8-19(20)12-18)28-26(31)14-23(15-27(28)32)29(34)35-24-11-10-22(17-33)25(30)16-24/h10-11,14-16,18-21H,2-9,12-13H2,1H3/t18-,19-,20+,21?/m0/s1. The highest BCUT2D eigenvalue weighted by Crippen LogP contribution is 2.49. The molecular weight excluding hydrogens is 451 g/mol. The Kier molecular flexibility index (Phi) is 8.15. The zero-order valence-corrected chi connectivity index (χ0v) is 20.2. The van der Waals surface area contributed by atoms with Crippen molar-refractivity contribution in [1.82, 2.24) is 0 Å². The van der Waals surface area contributed by atoms with E-state index in [9.17, 15) is 9.18 Å². The van der Waals surface area contributed by atoms with E-state index >= 15 is 8.78 Å². The Labute approximate surface area is 205 Å². The first-order chi connectivity index (χ1) is 16.9. The molecule has 0 amide bonds. The molecule has 2 aliphatic rings. The number of carbonyl (C=O) groups excluding carboxylic acids is 1. The molecule has 0 spiro atoms. The summed E-state index contributed by atoms with van der Waals surface area (Å²) >= 11 is 0. The zero-order chi connectivity index (χ0) is 24.9. The second kappa shape index (κ2) is 11.3. The van der Waals surface area contributed by atoms with Crippen LogP contribution in [-0.2, 0) is 0 Å². The van der Waals surface area contributed by atoms with Crippen LogP contribution in [0.15, 0.2) is 30.3 Å². The molecule has 0 aliphatic heterocycles. The molecule has 0 bridgehead atoms. The third-order valence-electron chi connectivity index (χ3n) is 7.93. The maximum atomic E-state index is 15.1. The second-order valence-electron chi connectivity index (χ2n) is 10.2. The molecule has 2 aromatic rings. The average Bonchev–Trinajstić information content (AvgIpc) is 2.84. The van der Waals surface area contributed by atoms with Crippen LogP contribution >= 0.6 is 0 Å². The van der Waals surface area contributed by atoms with Gasteiger partial charge in [-0.15, -0.1) is 0 Å². The van der Waals surface area contributed by atoms with Crippen LogP contribution in [0.4, 0.5) is 13.2 Å². The molecular formula is C29H32F3NO2. The number of halogens is 3. The van der Waals surface area contributed by atoms with Gasteiger partial charge in [0, 0.05) is 11.6 Å². The van der Waals surface area contributed by atoms with Crippen LogP contribution in [0.1, 0.15) is 98.5 Å². The Hall–Kier alpha value is -2.81. The summed E-state index contributed by atoms with van der Waals surface area (Å²) < 4.78 is 49.0. The van der Waals surface area contributed by atoms with Gasteiger partial charge in [0.05, 0.1) is 11.1 Å². The number of ether oxygens (including phenoxy) is 1. The lowest BCUT2D eigenvalue weighted by atomic mass is 9.63. The summed E-state index contributed by atoms with van der Waals surface area (Å²) in [5.41, 5.74) is -0.393. The van der Waals surface area contributed by atoms with E-state index in [0.717, 1.165) is 49.8 Å². The molecule has 0 saturated heterocycles. The first kappa shape index (κ1) is 25.3. The molecule has 35 heavy (non-hydrogen) atoms. The topological polar surface area (TPSA) is 50.1 Å². The predicted octanol–water partition coefficient (Wildman–Crippen LogP) is 8.08. The molecule has 2 aliphatic carbocycles. The molecule has 2 fully saturated rings. The van der Waals surface area contributed by atoms with Crippen molar-refractivity contribution in [2.24, 2.45) is 17.8 Å². The van der Waals surface area contributed by atoms with Gasteiger partial charge in [-0.3, -0.25) is 0 Å². The Morgan fingerprint density at radius 3 is 2.37 bits per heavy atom. The molecule has 6 heteroatoms. The van der Waals surface area contributed by atoms with E-state index < -0.39 is 23.4 Å². The van der Waals surface area contributed by atoms with Crippen LogP contribution in [0.25, 0.3) is 0 Å². The number of benzene rings is 2. The molecule has 3 nitrogen and oxygen atoms in total. The largest absolute Gasteiger partial charge is 0.423 e. The molecule has 2 saturated carbocycles. The smallest absolute Gasteiger partial charge is 0.343 e. The molecule has 186 valence electrons. The predicted molar refractivity (Wildman–Crippen MR) is 127 cm³/mol. The number of fused-ring (bicyclic) bond motifs is 1. The van der Waals surface area contributed by atoms with Crippen LogP contribution in [0.2, 0.25) is 0 Å². The second-order valence-corrected chi connectivity index (χ2v) is 10.2. The van der Waals surface area contributed by atoms with Crippen LogP contribution in [-0.4, -0.2) is 5.97 Å². The molecule has 0 N–H and O–H groups in total. The Balaban J connectivity index is 1.41. The summed E-state index contributed by atoms with van der Waals surface area (Å²) in [6, 6.07) is 7.03. The molecule has 1 unspecified atom stereocenters. The molecule has 2 aromatic carbocycles. The van der Waals surface area contributed by atoms with Crippen molar-refractivity contribution in [3.05, 3.63) is 64.5 Å². The fourth-order valence-corrected chi connectivity index (χ4v) is 6.10. The van der Waals surface area contributed by atoms with Crippen molar-refractivity contribution in [2.45, 2.75) is 77.0 Å². The number of rotatable bonds is 7. The summed E-state index contributed by atoms with van der Waals surface area (Å²) in [4.78, 5) is 12.4. The van der Waals surface area contributed by atoms with Crippen molar-refractivity contribution < 1.29 is 22.7 Å². The SMILES string of the molecule is CCCCC[C@H]1CC[C@@H]2CC(c3c(F)cc(C(=O)Oc4ccc(C#N)c(F)c4)cc3F)CC[C@H]2C1. The number of nitrogens with zero attached hydrogens (tertiary/aromatic N) is 1. The minimum atomic E-state index is -0.983. The fraction of sp³-hybridized carbons (Fsp3) is 0.517. The lowest BCUT2D eigenvalue weighted by Gasteiger charge is -2.42. The molecule has 0 heterocycles. The quantitative estimate of drug-likeness (QED) is 0.227. The average molecular weight is 484 g/mol. The zero-order valence-electron chi connectivity index (χ0n) is 20.2. The van der Waals surface area contributed by atoms with Crippen LogP contribution < -0.4 is 4.74 Å². The van der Waals surface area contributed by atoms with Gasteiger partial charge in [0.15, 0.2) is 0 Å². The first-order valence-electron chi connectivity index (χ1n) is 12.8. The van der Waals surface area contributed by atoms with Crippen molar-refractivity contribution in [3.8, 4) is 11.8 Å². The first-order valence-corrected chi connectivity index (χ1v) is 12.8. The Bertz CT molecular complexity index is 1090. The summed E-state index contributed by atoms with van der Waals surface area (Å²) in [7, 11) is 0. The lowest BCUT2D eigenvalue weighted by molar-refractivity contribution is 0.0733. The minimum absolute atomic E-state index is 0.0643. The van der Waals surface area contributed by atoms with Gasteiger partial charge >= 0.3 is 5.97 Å². The van der Waals surface area contributed by atoms with Gasteiger partial charge in [0.1, 0.15) is 29.3 Å². The van der Waals surface area contributed by atoms with Gasteiger partial charge in [-0.1, -0.05) is 39.0 Å². The van der Waals surface area contributed by atoms with E-state index in [4.69, 9.17) is 10.00 Å². The third kappa shape index (κ3) is 5.89. The van der Waals surface area contributed by atoms with E-state index in [1.807, 2.05) is 0 Å². The van der Waals surface area contributed by atoms with Gasteiger partial charge in [-0.25, -0.2) is 18.0 Å². The summed E-state index contributed by atoms with van der Waals surface area (Å²) in [5, 5.41) is 8.80. The molecule has 4 rings (SSSR count). The highest BCUT2D eigenvalue weighted by atomic mass is 19.1. The molecule has 0 radical (unpaired) electrons. The molecule has 4 atom stereocenters. The van der Waals surface area contributed by atoms with E-state index in [-0.39, 0.29) is 28.4 Å². The Morgan fingerprint density at radius 2 is 1.69 bits per heavy atom. The minimum Gasteiger partial charge on any atom is -0.423 e. The summed E-state index contributed by atoms with van der Waals surface area (Å²) in [5.74, 6) is -1.67. The van der Waals surface area contributed by atoms with Gasteiger partial charge in [0.25, 0.3) is 0 Å². The van der Waals surface area contributed by atoms with Gasteiger partial charge in [-0.05, 0) is 80.0 Å². The monoisotopic (exact) mass is 483 g/mol. The number of esters is 1. The highest BCUT2D eigenvalue weighted by Gasteiger charge is 2.37. The van der Waals surface area contributed by atoms with E-state index in [1.54, 1.807) is 6.07 Å². The van der Waals surface area contributed by atoms with Crippen LogP contribution in [0, 0.1) is 46.5 Å². The number of unbranched alkanes of at least 4 members (excludes halogenated alkanes) is 2. The fourth-order valence-electron chi connectivity index (χ4n) is 6.10. The van der Waals surface area contributed by atoms with Crippen molar-refractivity contribution in [1.29, 1.82) is 5.26 Å². The Morgan fingerprint density at radius 1 is 0.971 bits per heavy atom. The van der Waals surface area contributed by atoms with Gasteiger partial charge in [0.2, 0.25) is 0 Å². The summed E-state index contributed by atoms with van der Waals surface area (Å²) in [6.07, 6.45) is 11.2. The van der Waals surface area contributed by atoms with Crippen LogP contribution in [0.5, 0.6) is 5.75 Å². The van der Waals surface area contributed by atoms with Crippen LogP contribution in [0.3, 0.4) is 0 Å². The highest BCUT2D eigenvalue weighted by molar-refractivity contribution is 5.91. The van der Waals surface area contributed by atoms with E-state index in [0.29, 0.717) is 11.8 Å². The van der Waals surface area contributed by atoms with E-state index in [2.05, 4.69) is 6.92 Å². The van der Waals surface area contributed by atoms with Crippen molar-refractivity contribution in [3.63, 3.8) is 0 Å². The number of hydrogen-bond acceptors (Lipinski definition) is 3. The van der Waals surface area contributed by atoms with Gasteiger partial charge < -0.3 is 4.74 Å².